The van der Waals surface area contributed by atoms with Crippen molar-refractivity contribution in [1.82, 2.24) is 29.4 Å². The molecule has 21 nitrogen and oxygen atoms in total. The van der Waals surface area contributed by atoms with Crippen LogP contribution >= 0.6 is 35.3 Å². The number of hydrogen-bond acceptors (Lipinski definition) is 21. The SMILES string of the molecule is CCCCCC/C=C\COC(=O)CCCCCN(CCC(=O)OC(CCCCCCC)CCCCCCC)C(=O)SCCN(C)C.CCCCCC/C=C\COC(=O)CCCCCN(CCCC(=O)OC(CCCCCCC)CCCCCCC)C(=O)SCCN(C)C.CCCCCCC(CCCCCC)OC(=O)CCCN(CCCCC(=O)OC(CCCCC)CCCCC)C(=O)SCCN(C)C. The molecule has 0 heterocycles. The zero-order chi connectivity index (χ0) is 103. The molecule has 0 aliphatic heterocycles. The molecule has 0 atom stereocenters. The average Bonchev–Trinajstić information content (AvgIpc) is 0.923. The van der Waals surface area contributed by atoms with Crippen LogP contribution in [0.2, 0.25) is 0 Å². The van der Waals surface area contributed by atoms with Gasteiger partial charge < -0.3 is 57.8 Å². The van der Waals surface area contributed by atoms with E-state index in [2.05, 4.69) is 96.1 Å². The fourth-order valence-electron chi connectivity index (χ4n) is 16.2. The van der Waals surface area contributed by atoms with Gasteiger partial charge in [0.1, 0.15) is 37.6 Å². The molecule has 0 aliphatic carbocycles. The lowest BCUT2D eigenvalue weighted by Gasteiger charge is -2.23. The van der Waals surface area contributed by atoms with Crippen molar-refractivity contribution in [1.29, 1.82) is 0 Å². The van der Waals surface area contributed by atoms with Crippen LogP contribution in [0.15, 0.2) is 24.3 Å². The summed E-state index contributed by atoms with van der Waals surface area (Å²) in [6, 6.07) is 0. The van der Waals surface area contributed by atoms with Crippen molar-refractivity contribution in [3.63, 3.8) is 0 Å². The topological polar surface area (TPSA) is 228 Å². The predicted octanol–water partition coefficient (Wildman–Crippen LogP) is 31.7. The first-order valence-corrected chi connectivity index (χ1v) is 60.5. The zero-order valence-corrected chi connectivity index (χ0v) is 95.6. The number of ether oxygens (including phenoxy) is 6. The fourth-order valence-corrected chi connectivity index (χ4v) is 19.2. The molecule has 818 valence electrons. The van der Waals surface area contributed by atoms with E-state index in [1.807, 2.05) is 64.2 Å². The molecule has 0 rings (SSSR count). The van der Waals surface area contributed by atoms with Gasteiger partial charge in [0, 0.05) is 108 Å². The molecule has 139 heavy (non-hydrogen) atoms. The van der Waals surface area contributed by atoms with Crippen molar-refractivity contribution in [2.24, 2.45) is 0 Å². The monoisotopic (exact) mass is 2020 g/mol. The molecule has 0 aromatic rings. The minimum Gasteiger partial charge on any atom is -0.462 e. The number of allylic oxidation sites excluding steroid dienone is 2. The third kappa shape index (κ3) is 101. The molecule has 0 N–H and O–H groups in total. The van der Waals surface area contributed by atoms with Gasteiger partial charge in [0.25, 0.3) is 15.7 Å². The van der Waals surface area contributed by atoms with Crippen LogP contribution in [0.4, 0.5) is 14.4 Å². The highest BCUT2D eigenvalue weighted by Gasteiger charge is 2.24. The summed E-state index contributed by atoms with van der Waals surface area (Å²) in [7, 11) is 12.0. The predicted molar refractivity (Wildman–Crippen MR) is 594 cm³/mol. The van der Waals surface area contributed by atoms with Gasteiger partial charge in [-0.3, -0.25) is 43.2 Å². The number of thioether (sulfide) groups is 3. The number of amides is 3. The summed E-state index contributed by atoms with van der Waals surface area (Å²) in [5, 5.41) is 0.131. The molecule has 24 heteroatoms. The summed E-state index contributed by atoms with van der Waals surface area (Å²) in [5.74, 6) is 1.27. The Kier molecular flexibility index (Phi) is 108. The van der Waals surface area contributed by atoms with E-state index in [4.69, 9.17) is 28.4 Å². The van der Waals surface area contributed by atoms with Gasteiger partial charge in [-0.25, -0.2) is 0 Å². The maximum absolute atomic E-state index is 13.1. The molecule has 0 aromatic carbocycles. The largest absolute Gasteiger partial charge is 0.462 e. The van der Waals surface area contributed by atoms with Gasteiger partial charge >= 0.3 is 35.8 Å². The Morgan fingerprint density at radius 3 is 0.691 bits per heavy atom. The molecule has 0 bridgehead atoms. The number of carbonyl (C=O) groups excluding carboxylic acids is 9. The van der Waals surface area contributed by atoms with Gasteiger partial charge in [0.05, 0.1) is 6.42 Å². The van der Waals surface area contributed by atoms with E-state index in [-0.39, 0.29) is 82.4 Å². The molecular weight excluding hydrogens is 1800 g/mol. The second-order valence-corrected chi connectivity index (χ2v) is 42.8. The Bertz CT molecular complexity index is 2810. The van der Waals surface area contributed by atoms with Gasteiger partial charge in [-0.05, 0) is 222 Å². The number of carbonyl (C=O) groups is 9. The van der Waals surface area contributed by atoms with Crippen LogP contribution in [0.1, 0.15) is 506 Å². The van der Waals surface area contributed by atoms with E-state index in [1.54, 1.807) is 4.90 Å². The Labute approximate surface area is 868 Å². The van der Waals surface area contributed by atoms with Crippen LogP contribution in [-0.2, 0) is 57.2 Å². The van der Waals surface area contributed by atoms with Crippen LogP contribution in [0, 0.1) is 0 Å². The van der Waals surface area contributed by atoms with E-state index < -0.39 is 0 Å². The maximum atomic E-state index is 13.1. The van der Waals surface area contributed by atoms with Crippen LogP contribution in [-0.4, -0.2) is 237 Å². The molecule has 0 aliphatic rings. The van der Waals surface area contributed by atoms with Crippen LogP contribution in [0.3, 0.4) is 0 Å². The van der Waals surface area contributed by atoms with Gasteiger partial charge in [-0.15, -0.1) is 0 Å². The van der Waals surface area contributed by atoms with Crippen molar-refractivity contribution in [2.45, 2.75) is 530 Å². The highest BCUT2D eigenvalue weighted by atomic mass is 32.2. The van der Waals surface area contributed by atoms with Crippen LogP contribution < -0.4 is 0 Å². The zero-order valence-electron chi connectivity index (χ0n) is 93.1. The molecule has 0 aromatic heterocycles. The van der Waals surface area contributed by atoms with E-state index in [0.717, 1.165) is 205 Å². The number of rotatable bonds is 97. The quantitative estimate of drug-likeness (QED) is 0.0238. The maximum Gasteiger partial charge on any atom is 0.307 e. The van der Waals surface area contributed by atoms with Crippen LogP contribution in [0.5, 0.6) is 0 Å². The molecule has 0 spiro atoms. The lowest BCUT2D eigenvalue weighted by molar-refractivity contribution is -0.151. The smallest absolute Gasteiger partial charge is 0.307 e. The summed E-state index contributed by atoms with van der Waals surface area (Å²) < 4.78 is 34.5. The van der Waals surface area contributed by atoms with Crippen molar-refractivity contribution >= 4 is 86.8 Å². The molecule has 0 fully saturated rings. The Morgan fingerprint density at radius 1 is 0.209 bits per heavy atom. The average molecular weight is 2020 g/mol. The number of unbranched alkanes of at least 4 members (excludes halogenated alkanes) is 39. The van der Waals surface area contributed by atoms with E-state index in [9.17, 15) is 43.2 Å². The van der Waals surface area contributed by atoms with Gasteiger partial charge in [0.15, 0.2) is 0 Å². The van der Waals surface area contributed by atoms with E-state index in [1.165, 1.54) is 241 Å². The number of nitrogens with zero attached hydrogens (tertiary/aromatic N) is 6. The normalized spacial score (nSPS) is 11.5. The number of hydrogen-bond donors (Lipinski definition) is 0. The molecule has 3 amide bonds. The molecule has 0 saturated heterocycles. The molecular formula is C115H220N6O15S3. The van der Waals surface area contributed by atoms with Crippen molar-refractivity contribution in [2.75, 3.05) is 132 Å². The molecule has 0 radical (unpaired) electrons. The van der Waals surface area contributed by atoms with Crippen molar-refractivity contribution in [3.8, 4) is 0 Å². The number of esters is 6. The second-order valence-electron chi connectivity index (χ2n) is 39.7. The Balaban J connectivity index is -0.00000200. The summed E-state index contributed by atoms with van der Waals surface area (Å²) in [6.07, 6.45) is 77.8. The summed E-state index contributed by atoms with van der Waals surface area (Å²) in [5.41, 5.74) is 0. The van der Waals surface area contributed by atoms with Gasteiger partial charge in [-0.1, -0.05) is 347 Å². The minimum absolute atomic E-state index is 0.0122. The first kappa shape index (κ1) is 139. The first-order chi connectivity index (χ1) is 67.4. The standard InChI is InChI=1S/C39H74N2O5S.C38H74N2O5S.C38H72N2O5S/c1-6-9-12-15-16-19-25-34-45-37(42)29-23-20-24-31-41(39(44)47-35-33-40(4)5)32-26-30-38(43)46-36(27-21-17-13-10-7-2)28-22-18-14-11-8-3;1-7-11-15-19-26-35(27-20-16-12-8-2)45-37(42)29-23-31-40(38(43)46-33-32-39(5)6)30-22-21-28-36(41)44-34(24-17-13-9-3)25-18-14-10-4;1-6-9-12-15-16-19-25-33-44-36(41)28-23-20-24-30-40(38(43)46-34-32-39(4)5)31-29-37(42)45-35(26-21-17-13-10-7-2)27-22-18-14-11-8-3/h19,25,36H,6-18,20-24,26-35H2,1-5H3;34-35H,7-33H2,1-6H3;19,25,35H,6-18,20-24,26-34H2,1-5H3/b25-19-;;25-19-. The summed E-state index contributed by atoms with van der Waals surface area (Å²) in [4.78, 5) is 127. The Morgan fingerprint density at radius 2 is 0.410 bits per heavy atom. The molecule has 0 saturated carbocycles. The summed E-state index contributed by atoms with van der Waals surface area (Å²) in [6.45, 7) is 28.6. The van der Waals surface area contributed by atoms with Crippen molar-refractivity contribution < 1.29 is 71.6 Å². The third-order valence-electron chi connectivity index (χ3n) is 25.1. The first-order valence-electron chi connectivity index (χ1n) is 57.5. The second kappa shape index (κ2) is 108. The molecule has 0 unspecified atom stereocenters. The van der Waals surface area contributed by atoms with E-state index in [0.29, 0.717) is 110 Å². The highest BCUT2D eigenvalue weighted by Crippen LogP contribution is 2.25. The Hall–Kier alpha value is -4.36. The van der Waals surface area contributed by atoms with Crippen LogP contribution in [0.25, 0.3) is 0 Å². The van der Waals surface area contributed by atoms with Crippen molar-refractivity contribution in [3.05, 3.63) is 24.3 Å². The van der Waals surface area contributed by atoms with E-state index >= 15 is 0 Å². The lowest BCUT2D eigenvalue weighted by atomic mass is 10.0. The van der Waals surface area contributed by atoms with Gasteiger partial charge in [-0.2, -0.15) is 0 Å². The third-order valence-corrected chi connectivity index (χ3v) is 27.8. The summed E-state index contributed by atoms with van der Waals surface area (Å²) >= 11 is 4.00. The van der Waals surface area contributed by atoms with Gasteiger partial charge in [0.2, 0.25) is 0 Å². The highest BCUT2D eigenvalue weighted by molar-refractivity contribution is 8.14. The fraction of sp³-hybridized carbons (Fsp3) is 0.887. The lowest BCUT2D eigenvalue weighted by Crippen LogP contribution is -2.32. The minimum atomic E-state index is -0.194.